The first-order chi connectivity index (χ1) is 30.7. The van der Waals surface area contributed by atoms with Gasteiger partial charge in [-0.1, -0.05) is 140 Å². The summed E-state index contributed by atoms with van der Waals surface area (Å²) in [5, 5.41) is 3.69. The Bertz CT molecular complexity index is 3300. The molecule has 1 aromatic heterocycles. The number of benzene rings is 9. The highest BCUT2D eigenvalue weighted by Crippen LogP contribution is 2.66. The summed E-state index contributed by atoms with van der Waals surface area (Å²) >= 11 is 1.83. The molecule has 0 bridgehead atoms. The number of thiophene rings is 1. The smallest absolute Gasteiger partial charge is 0.101 e. The molecular weight excluding hydrogens is 771 g/mol. The molecule has 0 fully saturated rings. The van der Waals surface area contributed by atoms with Crippen molar-refractivity contribution in [2.24, 2.45) is 0 Å². The van der Waals surface area contributed by atoms with Crippen molar-refractivity contribution in [3.8, 4) is 32.7 Å². The average Bonchev–Trinajstić information content (AvgIpc) is 3.93. The van der Waals surface area contributed by atoms with Gasteiger partial charge >= 0.3 is 0 Å². The molecule has 62 heavy (non-hydrogen) atoms. The maximum atomic E-state index is 2.61. The van der Waals surface area contributed by atoms with Crippen molar-refractivity contribution in [2.45, 2.75) is 12.3 Å². The number of hydrogen-bond donors (Lipinski definition) is 0. The van der Waals surface area contributed by atoms with Crippen LogP contribution < -0.4 is 14.7 Å². The van der Waals surface area contributed by atoms with Gasteiger partial charge in [0.15, 0.2) is 0 Å². The zero-order valence-corrected chi connectivity index (χ0v) is 34.9. The van der Waals surface area contributed by atoms with Crippen LogP contribution in [0.2, 0.25) is 0 Å². The first kappa shape index (κ1) is 35.1. The molecule has 9 aromatic carbocycles. The molecule has 3 heterocycles. The summed E-state index contributed by atoms with van der Waals surface area (Å²) < 4.78 is 0. The normalized spacial score (nSPS) is 14.9. The van der Waals surface area contributed by atoms with E-state index in [1.165, 1.54) is 82.2 Å². The molecule has 13 rings (SSSR count). The highest BCUT2D eigenvalue weighted by molar-refractivity contribution is 7.19. The Morgan fingerprint density at radius 1 is 0.435 bits per heavy atom. The summed E-state index contributed by atoms with van der Waals surface area (Å²) in [6.07, 6.45) is 0. The highest BCUT2D eigenvalue weighted by Gasteiger charge is 2.50. The zero-order valence-electron chi connectivity index (χ0n) is 34.0. The van der Waals surface area contributed by atoms with Gasteiger partial charge in [0.25, 0.3) is 0 Å². The fraction of sp³-hybridized carbons (Fsp3) is 0.0345. The van der Waals surface area contributed by atoms with Crippen LogP contribution in [0.1, 0.15) is 23.6 Å². The lowest BCUT2D eigenvalue weighted by atomic mass is 9.68. The Labute approximate surface area is 365 Å². The second-order valence-corrected chi connectivity index (χ2v) is 17.7. The first-order valence-corrected chi connectivity index (χ1v) is 22.2. The van der Waals surface area contributed by atoms with Crippen molar-refractivity contribution in [2.75, 3.05) is 14.7 Å². The quantitative estimate of drug-likeness (QED) is 0.159. The van der Waals surface area contributed by atoms with Crippen LogP contribution in [0, 0.1) is 0 Å². The summed E-state index contributed by atoms with van der Waals surface area (Å²) in [7, 11) is 0. The van der Waals surface area contributed by atoms with Crippen LogP contribution in [0.3, 0.4) is 0 Å². The number of anilines is 9. The second-order valence-electron chi connectivity index (χ2n) is 16.6. The molecular formula is C58H39N3S. The maximum Gasteiger partial charge on any atom is 0.101 e. The van der Waals surface area contributed by atoms with E-state index in [9.17, 15) is 0 Å². The highest BCUT2D eigenvalue weighted by atomic mass is 32.1. The Morgan fingerprint density at radius 3 is 1.71 bits per heavy atom. The Morgan fingerprint density at radius 2 is 1.03 bits per heavy atom. The molecule has 4 heteroatoms. The van der Waals surface area contributed by atoms with E-state index in [1.807, 2.05) is 11.3 Å². The molecule has 0 amide bonds. The summed E-state index contributed by atoms with van der Waals surface area (Å²) in [4.78, 5) is 8.62. The lowest BCUT2D eigenvalue weighted by molar-refractivity contribution is 0.703. The third kappa shape index (κ3) is 4.93. The van der Waals surface area contributed by atoms with Crippen molar-refractivity contribution < 1.29 is 0 Å². The molecule has 0 N–H and O–H groups in total. The third-order valence-electron chi connectivity index (χ3n) is 13.4. The largest absolute Gasteiger partial charge is 0.310 e. The van der Waals surface area contributed by atoms with E-state index in [0.29, 0.717) is 0 Å². The molecule has 1 aliphatic carbocycles. The number of hydrogen-bond acceptors (Lipinski definition) is 4. The van der Waals surface area contributed by atoms with E-state index in [0.717, 1.165) is 28.4 Å². The number of fused-ring (bicyclic) bond motifs is 8. The van der Waals surface area contributed by atoms with Crippen molar-refractivity contribution >= 4 is 72.6 Å². The van der Waals surface area contributed by atoms with E-state index in [-0.39, 0.29) is 5.41 Å². The van der Waals surface area contributed by atoms with Crippen LogP contribution in [-0.4, -0.2) is 0 Å². The van der Waals surface area contributed by atoms with Crippen molar-refractivity contribution in [1.29, 1.82) is 0 Å². The van der Waals surface area contributed by atoms with Crippen molar-refractivity contribution in [3.05, 3.63) is 235 Å². The van der Waals surface area contributed by atoms with Crippen LogP contribution in [0.4, 0.5) is 50.5 Å². The standard InChI is InChI=1S/C58H39N3S/c1-58-48-27-15-14-25-43(48)46-26-16-28-51(56(46)58)61-52-37-38(53-35-36-54(62-53)60(41-21-10-4-11-22-41)42-23-12-5-13-24-42)29-30-44(52)45-32-34-50(47-31-33-49(58)57(61)55(45)47)59(39-17-6-2-7-18-39)40-19-8-3-9-20-40/h2-37H,1H3. The number of rotatable bonds is 7. The minimum atomic E-state index is -0.329. The molecule has 292 valence electrons. The minimum Gasteiger partial charge on any atom is -0.310 e. The summed E-state index contributed by atoms with van der Waals surface area (Å²) in [5.74, 6) is 0. The number of para-hydroxylation sites is 4. The fourth-order valence-corrected chi connectivity index (χ4v) is 11.8. The average molecular weight is 810 g/mol. The van der Waals surface area contributed by atoms with E-state index in [1.54, 1.807) is 0 Å². The summed E-state index contributed by atoms with van der Waals surface area (Å²) in [6, 6.07) is 80.2. The van der Waals surface area contributed by atoms with Crippen LogP contribution in [0.15, 0.2) is 218 Å². The monoisotopic (exact) mass is 809 g/mol. The Kier molecular flexibility index (Phi) is 7.61. The first-order valence-electron chi connectivity index (χ1n) is 21.4. The molecule has 1 atom stereocenters. The van der Waals surface area contributed by atoms with Crippen LogP contribution in [0.25, 0.3) is 43.5 Å². The SMILES string of the molecule is CC12c3ccccc3-c3cccc(c31)N1c3cc(-c4ccc(N(c5ccccc5)c5ccccc5)s4)ccc3-c3ccc(N(c4ccccc4)c4ccccc4)c4ccc2c1c34. The van der Waals surface area contributed by atoms with Crippen molar-refractivity contribution in [1.82, 2.24) is 0 Å². The molecule has 0 saturated carbocycles. The third-order valence-corrected chi connectivity index (χ3v) is 14.5. The van der Waals surface area contributed by atoms with Gasteiger partial charge in [0.2, 0.25) is 0 Å². The molecule has 3 aliphatic rings. The Balaban J connectivity index is 1.06. The summed E-state index contributed by atoms with van der Waals surface area (Å²) in [6.45, 7) is 2.46. The van der Waals surface area contributed by atoms with Gasteiger partial charge in [-0.15, -0.1) is 11.3 Å². The molecule has 0 saturated heterocycles. The number of nitrogens with zero attached hydrogens (tertiary/aromatic N) is 3. The fourth-order valence-electron chi connectivity index (χ4n) is 10.7. The van der Waals surface area contributed by atoms with Crippen molar-refractivity contribution in [3.63, 3.8) is 0 Å². The summed E-state index contributed by atoms with van der Waals surface area (Å²) in [5.41, 5.74) is 19.6. The van der Waals surface area contributed by atoms with Gasteiger partial charge in [-0.2, -0.15) is 0 Å². The molecule has 1 unspecified atom stereocenters. The van der Waals surface area contributed by atoms with E-state index < -0.39 is 0 Å². The van der Waals surface area contributed by atoms with Gasteiger partial charge in [-0.05, 0) is 125 Å². The van der Waals surface area contributed by atoms with E-state index >= 15 is 0 Å². The lowest BCUT2D eigenvalue weighted by Gasteiger charge is -2.46. The van der Waals surface area contributed by atoms with Crippen LogP contribution in [0.5, 0.6) is 0 Å². The molecule has 2 aliphatic heterocycles. The Hall–Kier alpha value is -7.66. The second kappa shape index (κ2) is 13.4. The van der Waals surface area contributed by atoms with Gasteiger partial charge in [-0.25, -0.2) is 0 Å². The van der Waals surface area contributed by atoms with E-state index in [2.05, 4.69) is 240 Å². The molecule has 0 radical (unpaired) electrons. The zero-order chi connectivity index (χ0) is 40.9. The predicted molar refractivity (Wildman–Crippen MR) is 261 cm³/mol. The molecule has 0 spiro atoms. The predicted octanol–water partition coefficient (Wildman–Crippen LogP) is 16.6. The lowest BCUT2D eigenvalue weighted by Crippen LogP contribution is -2.33. The van der Waals surface area contributed by atoms with Crippen LogP contribution in [-0.2, 0) is 5.41 Å². The van der Waals surface area contributed by atoms with Gasteiger partial charge in [0.1, 0.15) is 5.00 Å². The topological polar surface area (TPSA) is 9.72 Å². The maximum absolute atomic E-state index is 2.61. The molecule has 3 nitrogen and oxygen atoms in total. The molecule has 10 aromatic rings. The van der Waals surface area contributed by atoms with Crippen LogP contribution >= 0.6 is 11.3 Å². The van der Waals surface area contributed by atoms with Gasteiger partial charge in [0.05, 0.1) is 22.7 Å². The minimum absolute atomic E-state index is 0.329. The van der Waals surface area contributed by atoms with Gasteiger partial charge in [0, 0.05) is 49.4 Å². The van der Waals surface area contributed by atoms with E-state index in [4.69, 9.17) is 0 Å². The van der Waals surface area contributed by atoms with Gasteiger partial charge < -0.3 is 14.7 Å². The van der Waals surface area contributed by atoms with Gasteiger partial charge in [-0.3, -0.25) is 0 Å².